The quantitative estimate of drug-likeness (QED) is 0.558. The van der Waals surface area contributed by atoms with Crippen molar-refractivity contribution in [1.29, 1.82) is 0 Å². The van der Waals surface area contributed by atoms with Crippen LogP contribution in [0.2, 0.25) is 0 Å². The first kappa shape index (κ1) is 17.6. The van der Waals surface area contributed by atoms with Crippen molar-refractivity contribution in [3.05, 3.63) is 65.4 Å². The molecule has 1 aliphatic rings. The zero-order valence-corrected chi connectivity index (χ0v) is 16.1. The molecule has 1 fully saturated rings. The van der Waals surface area contributed by atoms with Crippen molar-refractivity contribution in [2.24, 2.45) is 0 Å². The molecular weight excluding hydrogens is 368 g/mol. The second-order valence-corrected chi connectivity index (χ2v) is 7.32. The number of anilines is 1. The number of aryl methyl sites for hydroxylation is 2. The van der Waals surface area contributed by atoms with Gasteiger partial charge in [0.1, 0.15) is 11.3 Å². The van der Waals surface area contributed by atoms with Crippen molar-refractivity contribution in [2.45, 2.75) is 19.8 Å². The van der Waals surface area contributed by atoms with Gasteiger partial charge in [0.15, 0.2) is 0 Å². The summed E-state index contributed by atoms with van der Waals surface area (Å²) in [5, 5.41) is 10.4. The first-order chi connectivity index (χ1) is 14.1. The molecule has 0 atom stereocenters. The molecule has 5 rings (SSSR count). The summed E-state index contributed by atoms with van der Waals surface area (Å²) in [6.07, 6.45) is 3.40. The number of carbonyl (C=O) groups is 1. The standard InChI is InChI=1S/C21H20N6O2/c1-12-7-13(2)16(8-15(12)19-25-21(29-26-19)14-9-22-10-14)24-20(28)17-11-23-18-5-3-4-6-27(17)18/h3-8,11,14,22H,9-10H2,1-2H3,(H,24,28). The molecule has 29 heavy (non-hydrogen) atoms. The van der Waals surface area contributed by atoms with Gasteiger partial charge in [0.25, 0.3) is 5.91 Å². The molecule has 4 heterocycles. The predicted molar refractivity (Wildman–Crippen MR) is 108 cm³/mol. The Morgan fingerprint density at radius 2 is 2.10 bits per heavy atom. The number of hydrogen-bond acceptors (Lipinski definition) is 6. The van der Waals surface area contributed by atoms with Crippen LogP contribution in [-0.4, -0.2) is 38.5 Å². The monoisotopic (exact) mass is 388 g/mol. The Bertz CT molecular complexity index is 1220. The number of hydrogen-bond donors (Lipinski definition) is 2. The highest BCUT2D eigenvalue weighted by molar-refractivity contribution is 6.04. The minimum absolute atomic E-state index is 0.226. The molecule has 3 aromatic heterocycles. The van der Waals surface area contributed by atoms with Crippen LogP contribution < -0.4 is 10.6 Å². The number of fused-ring (bicyclic) bond motifs is 1. The second-order valence-electron chi connectivity index (χ2n) is 7.32. The van der Waals surface area contributed by atoms with Gasteiger partial charge in [-0.3, -0.25) is 9.20 Å². The number of amides is 1. The Morgan fingerprint density at radius 3 is 2.90 bits per heavy atom. The van der Waals surface area contributed by atoms with Crippen molar-refractivity contribution in [1.82, 2.24) is 24.8 Å². The van der Waals surface area contributed by atoms with Crippen LogP contribution in [0.15, 0.2) is 47.2 Å². The number of nitrogens with zero attached hydrogens (tertiary/aromatic N) is 4. The van der Waals surface area contributed by atoms with E-state index in [2.05, 4.69) is 25.8 Å². The predicted octanol–water partition coefficient (Wildman–Crippen LogP) is 2.94. The lowest BCUT2D eigenvalue weighted by Gasteiger charge is -2.22. The van der Waals surface area contributed by atoms with E-state index in [-0.39, 0.29) is 11.8 Å². The van der Waals surface area contributed by atoms with E-state index in [1.807, 2.05) is 50.4 Å². The topological polar surface area (TPSA) is 97.4 Å². The molecule has 4 aromatic rings. The van der Waals surface area contributed by atoms with Crippen LogP contribution in [-0.2, 0) is 0 Å². The molecular formula is C21H20N6O2. The fourth-order valence-electron chi connectivity index (χ4n) is 3.49. The Balaban J connectivity index is 1.46. The molecule has 0 unspecified atom stereocenters. The molecule has 0 saturated carbocycles. The maximum atomic E-state index is 12.9. The summed E-state index contributed by atoms with van der Waals surface area (Å²) in [6.45, 7) is 5.67. The summed E-state index contributed by atoms with van der Waals surface area (Å²) >= 11 is 0. The molecule has 1 amide bonds. The van der Waals surface area contributed by atoms with Gasteiger partial charge in [-0.1, -0.05) is 17.3 Å². The van der Waals surface area contributed by atoms with E-state index in [0.29, 0.717) is 23.1 Å². The van der Waals surface area contributed by atoms with Gasteiger partial charge >= 0.3 is 0 Å². The maximum absolute atomic E-state index is 12.9. The van der Waals surface area contributed by atoms with Crippen molar-refractivity contribution >= 4 is 17.2 Å². The summed E-state index contributed by atoms with van der Waals surface area (Å²) in [4.78, 5) is 21.7. The van der Waals surface area contributed by atoms with Crippen molar-refractivity contribution in [3.63, 3.8) is 0 Å². The van der Waals surface area contributed by atoms with Crippen molar-refractivity contribution in [3.8, 4) is 11.4 Å². The smallest absolute Gasteiger partial charge is 0.274 e. The van der Waals surface area contributed by atoms with Crippen LogP contribution in [0.4, 0.5) is 5.69 Å². The third-order valence-electron chi connectivity index (χ3n) is 5.28. The van der Waals surface area contributed by atoms with E-state index < -0.39 is 0 Å². The van der Waals surface area contributed by atoms with Crippen LogP contribution in [0.1, 0.15) is 33.4 Å². The molecule has 0 spiro atoms. The average Bonchev–Trinajstić information content (AvgIpc) is 3.30. The molecule has 0 aliphatic carbocycles. The van der Waals surface area contributed by atoms with Gasteiger partial charge in [-0.15, -0.1) is 0 Å². The SMILES string of the molecule is Cc1cc(C)c(-c2noc(C3CNC3)n2)cc1NC(=O)c1cnc2ccccn12. The third kappa shape index (κ3) is 3.07. The van der Waals surface area contributed by atoms with Crippen molar-refractivity contribution < 1.29 is 9.32 Å². The van der Waals surface area contributed by atoms with E-state index in [4.69, 9.17) is 4.52 Å². The Morgan fingerprint density at radius 1 is 1.24 bits per heavy atom. The molecule has 1 aromatic carbocycles. The zero-order chi connectivity index (χ0) is 20.0. The molecule has 1 saturated heterocycles. The highest BCUT2D eigenvalue weighted by Crippen LogP contribution is 2.29. The van der Waals surface area contributed by atoms with Gasteiger partial charge in [0, 0.05) is 30.5 Å². The minimum atomic E-state index is -0.226. The molecule has 2 N–H and O–H groups in total. The lowest BCUT2D eigenvalue weighted by Crippen LogP contribution is -2.40. The summed E-state index contributed by atoms with van der Waals surface area (Å²) in [5.74, 6) is 1.23. The van der Waals surface area contributed by atoms with Gasteiger partial charge in [0.05, 0.1) is 12.1 Å². The second kappa shape index (κ2) is 6.82. The van der Waals surface area contributed by atoms with Gasteiger partial charge < -0.3 is 15.2 Å². The lowest BCUT2D eigenvalue weighted by atomic mass is 10.0. The molecule has 0 radical (unpaired) electrons. The molecule has 8 nitrogen and oxygen atoms in total. The zero-order valence-electron chi connectivity index (χ0n) is 16.1. The van der Waals surface area contributed by atoms with Gasteiger partial charge in [-0.25, -0.2) is 4.98 Å². The number of pyridine rings is 1. The van der Waals surface area contributed by atoms with Crippen LogP contribution in [0.25, 0.3) is 17.0 Å². The normalized spacial score (nSPS) is 14.1. The van der Waals surface area contributed by atoms with E-state index in [0.717, 1.165) is 35.4 Å². The fourth-order valence-corrected chi connectivity index (χ4v) is 3.49. The number of benzene rings is 1. The van der Waals surface area contributed by atoms with Gasteiger partial charge in [0.2, 0.25) is 11.7 Å². The average molecular weight is 388 g/mol. The number of carbonyl (C=O) groups excluding carboxylic acids is 1. The van der Waals surface area contributed by atoms with Gasteiger partial charge in [-0.05, 0) is 43.2 Å². The fraction of sp³-hybridized carbons (Fsp3) is 0.238. The van der Waals surface area contributed by atoms with E-state index in [9.17, 15) is 4.79 Å². The highest BCUT2D eigenvalue weighted by atomic mass is 16.5. The molecule has 8 heteroatoms. The third-order valence-corrected chi connectivity index (χ3v) is 5.28. The number of nitrogens with one attached hydrogen (secondary N) is 2. The van der Waals surface area contributed by atoms with Crippen LogP contribution in [0.5, 0.6) is 0 Å². The number of aromatic nitrogens is 4. The summed E-state index contributed by atoms with van der Waals surface area (Å²) in [6, 6.07) is 9.53. The number of rotatable bonds is 4. The largest absolute Gasteiger partial charge is 0.339 e. The van der Waals surface area contributed by atoms with E-state index >= 15 is 0 Å². The summed E-state index contributed by atoms with van der Waals surface area (Å²) in [7, 11) is 0. The lowest BCUT2D eigenvalue weighted by molar-refractivity contribution is 0.102. The van der Waals surface area contributed by atoms with Crippen LogP contribution in [0.3, 0.4) is 0 Å². The first-order valence-corrected chi connectivity index (χ1v) is 9.49. The van der Waals surface area contributed by atoms with Crippen LogP contribution in [0, 0.1) is 13.8 Å². The summed E-state index contributed by atoms with van der Waals surface area (Å²) in [5.41, 5.74) is 4.73. The Labute approximate surface area is 167 Å². The first-order valence-electron chi connectivity index (χ1n) is 9.49. The summed E-state index contributed by atoms with van der Waals surface area (Å²) < 4.78 is 7.20. The van der Waals surface area contributed by atoms with E-state index in [1.54, 1.807) is 10.6 Å². The van der Waals surface area contributed by atoms with Crippen LogP contribution >= 0.6 is 0 Å². The highest BCUT2D eigenvalue weighted by Gasteiger charge is 2.26. The number of imidazole rings is 1. The molecule has 1 aliphatic heterocycles. The van der Waals surface area contributed by atoms with Gasteiger partial charge in [-0.2, -0.15) is 4.98 Å². The Hall–Kier alpha value is -3.52. The Kier molecular flexibility index (Phi) is 4.13. The minimum Gasteiger partial charge on any atom is -0.339 e. The molecule has 146 valence electrons. The maximum Gasteiger partial charge on any atom is 0.274 e. The molecule has 0 bridgehead atoms. The van der Waals surface area contributed by atoms with Crippen molar-refractivity contribution in [2.75, 3.05) is 18.4 Å². The van der Waals surface area contributed by atoms with E-state index in [1.165, 1.54) is 0 Å².